The fourth-order valence-electron chi connectivity index (χ4n) is 3.28. The molecular weight excluding hydrogens is 372 g/mol. The Morgan fingerprint density at radius 3 is 2.41 bits per heavy atom. The molecule has 0 unspecified atom stereocenters. The average Bonchev–Trinajstić information content (AvgIpc) is 2.78. The predicted molar refractivity (Wildman–Crippen MR) is 109 cm³/mol. The van der Waals surface area contributed by atoms with Crippen molar-refractivity contribution in [3.63, 3.8) is 0 Å². The first-order chi connectivity index (χ1) is 14.1. The molecule has 0 bridgehead atoms. The molecule has 2 amide bonds. The predicted octanol–water partition coefficient (Wildman–Crippen LogP) is 2.50. The molecule has 2 aromatic rings. The van der Waals surface area contributed by atoms with Gasteiger partial charge in [-0.05, 0) is 43.2 Å². The van der Waals surface area contributed by atoms with Crippen LogP contribution in [0.1, 0.15) is 23.2 Å². The van der Waals surface area contributed by atoms with Crippen LogP contribution in [-0.2, 0) is 4.79 Å². The molecule has 0 spiro atoms. The molecule has 7 heteroatoms. The van der Waals surface area contributed by atoms with Crippen molar-refractivity contribution < 1.29 is 23.8 Å². The number of amides is 2. The molecule has 2 aromatic carbocycles. The fourth-order valence-corrected chi connectivity index (χ4v) is 3.28. The minimum Gasteiger partial charge on any atom is -0.497 e. The van der Waals surface area contributed by atoms with E-state index in [-0.39, 0.29) is 24.5 Å². The maximum Gasteiger partial charge on any atom is 0.260 e. The maximum absolute atomic E-state index is 12.5. The number of nitrogens with zero attached hydrogens (tertiary/aromatic N) is 1. The Kier molecular flexibility index (Phi) is 6.94. The Morgan fingerprint density at radius 2 is 1.72 bits per heavy atom. The zero-order chi connectivity index (χ0) is 20.6. The van der Waals surface area contributed by atoms with Crippen molar-refractivity contribution in [2.45, 2.75) is 18.9 Å². The van der Waals surface area contributed by atoms with E-state index >= 15 is 0 Å². The van der Waals surface area contributed by atoms with Crippen LogP contribution in [0.4, 0.5) is 0 Å². The molecule has 1 N–H and O–H groups in total. The van der Waals surface area contributed by atoms with E-state index in [4.69, 9.17) is 14.2 Å². The van der Waals surface area contributed by atoms with Crippen LogP contribution in [0.3, 0.4) is 0 Å². The number of hydrogen-bond acceptors (Lipinski definition) is 5. The molecule has 1 heterocycles. The molecule has 0 radical (unpaired) electrons. The number of benzene rings is 2. The number of piperidine rings is 1. The molecule has 1 aliphatic heterocycles. The summed E-state index contributed by atoms with van der Waals surface area (Å²) in [5.74, 6) is 1.58. The van der Waals surface area contributed by atoms with Crippen molar-refractivity contribution in [2.24, 2.45) is 0 Å². The summed E-state index contributed by atoms with van der Waals surface area (Å²) < 4.78 is 16.0. The molecule has 29 heavy (non-hydrogen) atoms. The molecular formula is C22H26N2O5. The number of para-hydroxylation sites is 2. The summed E-state index contributed by atoms with van der Waals surface area (Å²) in [7, 11) is 3.13. The van der Waals surface area contributed by atoms with E-state index in [1.165, 1.54) is 0 Å². The number of nitrogens with one attached hydrogen (secondary N) is 1. The van der Waals surface area contributed by atoms with Gasteiger partial charge < -0.3 is 24.4 Å². The second-order valence-corrected chi connectivity index (χ2v) is 6.80. The summed E-state index contributed by atoms with van der Waals surface area (Å²) in [5.41, 5.74) is 0.563. The highest BCUT2D eigenvalue weighted by Gasteiger charge is 2.24. The molecule has 3 rings (SSSR count). The zero-order valence-corrected chi connectivity index (χ0v) is 16.7. The van der Waals surface area contributed by atoms with Crippen LogP contribution < -0.4 is 19.5 Å². The summed E-state index contributed by atoms with van der Waals surface area (Å²) in [4.78, 5) is 26.7. The Bertz CT molecular complexity index is 847. The van der Waals surface area contributed by atoms with Gasteiger partial charge in [-0.2, -0.15) is 0 Å². The normalized spacial score (nSPS) is 14.2. The highest BCUT2D eigenvalue weighted by atomic mass is 16.5. The van der Waals surface area contributed by atoms with Gasteiger partial charge in [-0.15, -0.1) is 0 Å². The van der Waals surface area contributed by atoms with Gasteiger partial charge in [0.1, 0.15) is 5.75 Å². The van der Waals surface area contributed by atoms with Gasteiger partial charge in [-0.1, -0.05) is 18.2 Å². The first-order valence-corrected chi connectivity index (χ1v) is 9.59. The van der Waals surface area contributed by atoms with Crippen molar-refractivity contribution in [2.75, 3.05) is 33.9 Å². The third-order valence-electron chi connectivity index (χ3n) is 4.94. The topological polar surface area (TPSA) is 77.1 Å². The van der Waals surface area contributed by atoms with E-state index in [0.717, 1.165) is 0 Å². The molecule has 1 fully saturated rings. The SMILES string of the molecule is COc1cccc(C(=O)NC2CCN(C(=O)COc3ccccc3OC)CC2)c1. The lowest BCUT2D eigenvalue weighted by atomic mass is 10.0. The number of carbonyl (C=O) groups excluding carboxylic acids is 2. The molecule has 0 saturated carbocycles. The lowest BCUT2D eigenvalue weighted by Gasteiger charge is -2.32. The Labute approximate surface area is 170 Å². The van der Waals surface area contributed by atoms with E-state index in [0.29, 0.717) is 48.7 Å². The minimum atomic E-state index is -0.131. The smallest absolute Gasteiger partial charge is 0.260 e. The lowest BCUT2D eigenvalue weighted by Crippen LogP contribution is -2.47. The molecule has 1 saturated heterocycles. The quantitative estimate of drug-likeness (QED) is 0.776. The van der Waals surface area contributed by atoms with Crippen LogP contribution in [-0.4, -0.2) is 56.7 Å². The van der Waals surface area contributed by atoms with E-state index < -0.39 is 0 Å². The lowest BCUT2D eigenvalue weighted by molar-refractivity contribution is -0.134. The van der Waals surface area contributed by atoms with Crippen LogP contribution in [0.15, 0.2) is 48.5 Å². The second-order valence-electron chi connectivity index (χ2n) is 6.80. The standard InChI is InChI=1S/C22H26N2O5/c1-27-18-7-5-6-16(14-18)22(26)23-17-10-12-24(13-11-17)21(25)15-29-20-9-4-3-8-19(20)28-2/h3-9,14,17H,10-13,15H2,1-2H3,(H,23,26). The Morgan fingerprint density at radius 1 is 1.00 bits per heavy atom. The summed E-state index contributed by atoms with van der Waals surface area (Å²) in [6, 6.07) is 14.3. The van der Waals surface area contributed by atoms with E-state index in [1.54, 1.807) is 55.5 Å². The molecule has 1 aliphatic rings. The first-order valence-electron chi connectivity index (χ1n) is 9.59. The Hall–Kier alpha value is -3.22. The van der Waals surface area contributed by atoms with Crippen molar-refractivity contribution >= 4 is 11.8 Å². The fraction of sp³-hybridized carbons (Fsp3) is 0.364. The molecule has 154 valence electrons. The van der Waals surface area contributed by atoms with Gasteiger partial charge >= 0.3 is 0 Å². The summed E-state index contributed by atoms with van der Waals surface area (Å²) in [6.07, 6.45) is 1.41. The third-order valence-corrected chi connectivity index (χ3v) is 4.94. The van der Waals surface area contributed by atoms with Crippen molar-refractivity contribution in [3.8, 4) is 17.2 Å². The summed E-state index contributed by atoms with van der Waals surface area (Å²) >= 11 is 0. The average molecular weight is 398 g/mol. The molecule has 0 aromatic heterocycles. The molecule has 7 nitrogen and oxygen atoms in total. The first kappa shape index (κ1) is 20.5. The van der Waals surface area contributed by atoms with Crippen LogP contribution in [0, 0.1) is 0 Å². The van der Waals surface area contributed by atoms with Gasteiger partial charge in [0.05, 0.1) is 14.2 Å². The maximum atomic E-state index is 12.5. The number of carbonyl (C=O) groups is 2. The van der Waals surface area contributed by atoms with E-state index in [2.05, 4.69) is 5.32 Å². The van der Waals surface area contributed by atoms with Crippen molar-refractivity contribution in [3.05, 3.63) is 54.1 Å². The molecule has 0 aliphatic carbocycles. The monoisotopic (exact) mass is 398 g/mol. The van der Waals surface area contributed by atoms with Gasteiger partial charge in [0, 0.05) is 24.7 Å². The van der Waals surface area contributed by atoms with Gasteiger partial charge in [0.2, 0.25) is 0 Å². The number of methoxy groups -OCH3 is 2. The number of hydrogen-bond donors (Lipinski definition) is 1. The van der Waals surface area contributed by atoms with Gasteiger partial charge in [0.15, 0.2) is 18.1 Å². The van der Waals surface area contributed by atoms with Gasteiger partial charge in [0.25, 0.3) is 11.8 Å². The summed E-state index contributed by atoms with van der Waals surface area (Å²) in [5, 5.41) is 3.04. The number of ether oxygens (including phenoxy) is 3. The summed E-state index contributed by atoms with van der Waals surface area (Å²) in [6.45, 7) is 1.12. The number of likely N-dealkylation sites (tertiary alicyclic amines) is 1. The van der Waals surface area contributed by atoms with Crippen LogP contribution in [0.2, 0.25) is 0 Å². The van der Waals surface area contributed by atoms with Crippen LogP contribution >= 0.6 is 0 Å². The van der Waals surface area contributed by atoms with Crippen LogP contribution in [0.25, 0.3) is 0 Å². The van der Waals surface area contributed by atoms with Crippen molar-refractivity contribution in [1.82, 2.24) is 10.2 Å². The van der Waals surface area contributed by atoms with E-state index in [9.17, 15) is 9.59 Å². The largest absolute Gasteiger partial charge is 0.497 e. The third kappa shape index (κ3) is 5.40. The Balaban J connectivity index is 1.46. The zero-order valence-electron chi connectivity index (χ0n) is 16.7. The van der Waals surface area contributed by atoms with Crippen LogP contribution in [0.5, 0.6) is 17.2 Å². The molecule has 0 atom stereocenters. The van der Waals surface area contributed by atoms with Crippen molar-refractivity contribution in [1.29, 1.82) is 0 Å². The highest BCUT2D eigenvalue weighted by Crippen LogP contribution is 2.25. The van der Waals surface area contributed by atoms with E-state index in [1.807, 2.05) is 12.1 Å². The second kappa shape index (κ2) is 9.82. The van der Waals surface area contributed by atoms with Gasteiger partial charge in [-0.3, -0.25) is 9.59 Å². The number of rotatable bonds is 7. The minimum absolute atomic E-state index is 0.0351. The highest BCUT2D eigenvalue weighted by molar-refractivity contribution is 5.94. The van der Waals surface area contributed by atoms with Gasteiger partial charge in [-0.25, -0.2) is 0 Å².